The number of ether oxygens (including phenoxy) is 1. The summed E-state index contributed by atoms with van der Waals surface area (Å²) in [6, 6.07) is 2.12. The second-order valence-electron chi connectivity index (χ2n) is 3.20. The Balaban J connectivity index is 1.96. The van der Waals surface area contributed by atoms with Crippen LogP contribution in [0.25, 0.3) is 0 Å². The maximum Gasteiger partial charge on any atom is 0.261 e. The van der Waals surface area contributed by atoms with Crippen molar-refractivity contribution in [1.82, 2.24) is 5.32 Å². The van der Waals surface area contributed by atoms with Gasteiger partial charge in [-0.2, -0.15) is 0 Å². The summed E-state index contributed by atoms with van der Waals surface area (Å²) in [5.41, 5.74) is 1.14. The number of aryl methyl sites for hydroxylation is 1. The summed E-state index contributed by atoms with van der Waals surface area (Å²) in [6.45, 7) is 3.28. The van der Waals surface area contributed by atoms with Crippen LogP contribution in [0.5, 0.6) is 0 Å². The molecule has 1 fully saturated rings. The van der Waals surface area contributed by atoms with Crippen molar-refractivity contribution in [3.63, 3.8) is 0 Å². The average Bonchev–Trinajstić information content (AvgIpc) is 2.44. The van der Waals surface area contributed by atoms with Crippen molar-refractivity contribution in [2.75, 3.05) is 13.2 Å². The molecule has 0 aromatic carbocycles. The van der Waals surface area contributed by atoms with Crippen LogP contribution in [0.3, 0.4) is 0 Å². The van der Waals surface area contributed by atoms with Crippen LogP contribution in [0.4, 0.5) is 0 Å². The first-order valence-electron chi connectivity index (χ1n) is 4.19. The Bertz CT molecular complexity index is 317. The van der Waals surface area contributed by atoms with Crippen molar-refractivity contribution in [3.05, 3.63) is 21.9 Å². The fourth-order valence-electron chi connectivity index (χ4n) is 1.13. The number of hydrogen-bond donors (Lipinski definition) is 1. The van der Waals surface area contributed by atoms with Crippen LogP contribution in [-0.2, 0) is 4.74 Å². The molecule has 0 radical (unpaired) electrons. The molecule has 0 aliphatic carbocycles. The monoisotopic (exact) mass is 197 g/mol. The maximum absolute atomic E-state index is 11.5. The van der Waals surface area contributed by atoms with Crippen LogP contribution >= 0.6 is 11.3 Å². The lowest BCUT2D eigenvalue weighted by Gasteiger charge is -2.26. The zero-order chi connectivity index (χ0) is 9.26. The number of nitrogens with one attached hydrogen (secondary N) is 1. The predicted octanol–water partition coefficient (Wildman–Crippen LogP) is 1.19. The fraction of sp³-hybridized carbons (Fsp3) is 0.444. The Morgan fingerprint density at radius 1 is 1.69 bits per heavy atom. The first-order chi connectivity index (χ1) is 6.25. The van der Waals surface area contributed by atoms with Crippen molar-refractivity contribution >= 4 is 17.2 Å². The van der Waals surface area contributed by atoms with E-state index in [-0.39, 0.29) is 11.9 Å². The topological polar surface area (TPSA) is 38.3 Å². The third-order valence-corrected chi connectivity index (χ3v) is 2.97. The van der Waals surface area contributed by atoms with Crippen LogP contribution in [0.15, 0.2) is 11.4 Å². The number of amides is 1. The van der Waals surface area contributed by atoms with Crippen LogP contribution in [0.2, 0.25) is 0 Å². The van der Waals surface area contributed by atoms with Gasteiger partial charge >= 0.3 is 0 Å². The first-order valence-corrected chi connectivity index (χ1v) is 5.07. The quantitative estimate of drug-likeness (QED) is 0.773. The van der Waals surface area contributed by atoms with Crippen molar-refractivity contribution < 1.29 is 9.53 Å². The highest BCUT2D eigenvalue weighted by Crippen LogP contribution is 2.14. The minimum absolute atomic E-state index is 0.0198. The van der Waals surface area contributed by atoms with Crippen LogP contribution in [0, 0.1) is 6.92 Å². The molecule has 2 rings (SSSR count). The zero-order valence-electron chi connectivity index (χ0n) is 7.37. The van der Waals surface area contributed by atoms with Crippen LogP contribution in [0.1, 0.15) is 15.2 Å². The number of rotatable bonds is 2. The van der Waals surface area contributed by atoms with Crippen molar-refractivity contribution in [2.24, 2.45) is 0 Å². The standard InChI is InChI=1S/C9H11NO2S/c1-6-2-8(13-5-6)9(11)10-7-3-12-4-7/h2,5,7H,3-4H2,1H3,(H,10,11). The maximum atomic E-state index is 11.5. The molecule has 0 unspecified atom stereocenters. The first kappa shape index (κ1) is 8.72. The van der Waals surface area contributed by atoms with Crippen LogP contribution < -0.4 is 5.32 Å². The smallest absolute Gasteiger partial charge is 0.261 e. The minimum atomic E-state index is 0.0198. The van der Waals surface area contributed by atoms with E-state index in [9.17, 15) is 4.79 Å². The van der Waals surface area contributed by atoms with E-state index >= 15 is 0 Å². The molecule has 13 heavy (non-hydrogen) atoms. The Kier molecular flexibility index (Phi) is 2.33. The van der Waals surface area contributed by atoms with Gasteiger partial charge in [0.2, 0.25) is 0 Å². The van der Waals surface area contributed by atoms with Gasteiger partial charge in [-0.25, -0.2) is 0 Å². The normalized spacial score (nSPS) is 16.7. The molecule has 4 heteroatoms. The Labute approximate surface area is 80.7 Å². The molecule has 1 aromatic rings. The molecular formula is C9H11NO2S. The zero-order valence-corrected chi connectivity index (χ0v) is 8.19. The molecule has 1 aliphatic heterocycles. The van der Waals surface area contributed by atoms with E-state index < -0.39 is 0 Å². The lowest BCUT2D eigenvalue weighted by atomic mass is 10.2. The Morgan fingerprint density at radius 3 is 2.92 bits per heavy atom. The molecule has 0 bridgehead atoms. The van der Waals surface area contributed by atoms with Gasteiger partial charge in [-0.05, 0) is 23.9 Å². The molecule has 70 valence electrons. The van der Waals surface area contributed by atoms with E-state index in [0.29, 0.717) is 13.2 Å². The van der Waals surface area contributed by atoms with E-state index in [1.165, 1.54) is 11.3 Å². The van der Waals surface area contributed by atoms with Crippen molar-refractivity contribution in [3.8, 4) is 0 Å². The van der Waals surface area contributed by atoms with E-state index in [1.54, 1.807) is 0 Å². The largest absolute Gasteiger partial charge is 0.377 e. The SMILES string of the molecule is Cc1csc(C(=O)NC2COC2)c1. The molecule has 1 aliphatic rings. The molecular weight excluding hydrogens is 186 g/mol. The molecule has 1 aromatic heterocycles. The molecule has 0 atom stereocenters. The Morgan fingerprint density at radius 2 is 2.46 bits per heavy atom. The third kappa shape index (κ3) is 1.89. The van der Waals surface area contributed by atoms with Crippen molar-refractivity contribution in [2.45, 2.75) is 13.0 Å². The van der Waals surface area contributed by atoms with E-state index in [2.05, 4.69) is 5.32 Å². The number of thiophene rings is 1. The van der Waals surface area contributed by atoms with Gasteiger partial charge < -0.3 is 10.1 Å². The fourth-order valence-corrected chi connectivity index (χ4v) is 1.93. The highest BCUT2D eigenvalue weighted by Gasteiger charge is 2.21. The summed E-state index contributed by atoms with van der Waals surface area (Å²) in [5, 5.41) is 4.87. The summed E-state index contributed by atoms with van der Waals surface area (Å²) < 4.78 is 4.97. The molecule has 0 spiro atoms. The van der Waals surface area contributed by atoms with Crippen LogP contribution in [-0.4, -0.2) is 25.2 Å². The highest BCUT2D eigenvalue weighted by atomic mass is 32.1. The lowest BCUT2D eigenvalue weighted by molar-refractivity contribution is -0.00339. The average molecular weight is 197 g/mol. The second kappa shape index (κ2) is 3.47. The second-order valence-corrected chi connectivity index (χ2v) is 4.11. The van der Waals surface area contributed by atoms with E-state index in [0.717, 1.165) is 10.4 Å². The van der Waals surface area contributed by atoms with Gasteiger partial charge in [0.25, 0.3) is 5.91 Å². The highest BCUT2D eigenvalue weighted by molar-refractivity contribution is 7.12. The summed E-state index contributed by atoms with van der Waals surface area (Å²) in [7, 11) is 0. The van der Waals surface area contributed by atoms with Gasteiger partial charge in [-0.15, -0.1) is 11.3 Å². The summed E-state index contributed by atoms with van der Waals surface area (Å²) >= 11 is 1.48. The molecule has 1 amide bonds. The van der Waals surface area contributed by atoms with Crippen molar-refractivity contribution in [1.29, 1.82) is 0 Å². The van der Waals surface area contributed by atoms with Gasteiger partial charge in [0, 0.05) is 0 Å². The third-order valence-electron chi connectivity index (χ3n) is 1.93. The molecule has 2 heterocycles. The van der Waals surface area contributed by atoms with Gasteiger partial charge in [0.15, 0.2) is 0 Å². The molecule has 1 saturated heterocycles. The molecule has 1 N–H and O–H groups in total. The number of carbonyl (C=O) groups is 1. The minimum Gasteiger partial charge on any atom is -0.377 e. The van der Waals surface area contributed by atoms with Gasteiger partial charge in [-0.1, -0.05) is 0 Å². The van der Waals surface area contributed by atoms with Gasteiger partial charge in [0.1, 0.15) is 0 Å². The summed E-state index contributed by atoms with van der Waals surface area (Å²) in [4.78, 5) is 12.3. The summed E-state index contributed by atoms with van der Waals surface area (Å²) in [6.07, 6.45) is 0. The van der Waals surface area contributed by atoms with E-state index in [1.807, 2.05) is 18.4 Å². The number of carbonyl (C=O) groups excluding carboxylic acids is 1. The predicted molar refractivity (Wildman–Crippen MR) is 51.1 cm³/mol. The van der Waals surface area contributed by atoms with Gasteiger partial charge in [0.05, 0.1) is 24.1 Å². The lowest BCUT2D eigenvalue weighted by Crippen LogP contribution is -2.48. The van der Waals surface area contributed by atoms with Gasteiger partial charge in [-0.3, -0.25) is 4.79 Å². The Hall–Kier alpha value is -0.870. The molecule has 0 saturated carbocycles. The van der Waals surface area contributed by atoms with E-state index in [4.69, 9.17) is 4.74 Å². The summed E-state index contributed by atoms with van der Waals surface area (Å²) in [5.74, 6) is 0.0198. The molecule has 3 nitrogen and oxygen atoms in total. The number of hydrogen-bond acceptors (Lipinski definition) is 3.